The van der Waals surface area contributed by atoms with E-state index >= 15 is 0 Å². The van der Waals surface area contributed by atoms with E-state index in [-0.39, 0.29) is 23.4 Å². The fourth-order valence-corrected chi connectivity index (χ4v) is 3.58. The van der Waals surface area contributed by atoms with Gasteiger partial charge in [-0.1, -0.05) is 6.07 Å². The van der Waals surface area contributed by atoms with Crippen LogP contribution in [0.15, 0.2) is 72.8 Å². The Balaban J connectivity index is 1.85. The minimum absolute atomic E-state index is 0.00139. The van der Waals surface area contributed by atoms with E-state index in [4.69, 9.17) is 4.74 Å². The number of carbonyl (C=O) groups excluding carboxylic acids is 2. The molecule has 31 heavy (non-hydrogen) atoms. The number of amides is 1. The Hall–Kier alpha value is -4.07. The van der Waals surface area contributed by atoms with Crippen LogP contribution in [0.4, 0.5) is 4.39 Å². The van der Waals surface area contributed by atoms with E-state index in [0.717, 1.165) is 11.6 Å². The van der Waals surface area contributed by atoms with Gasteiger partial charge in [-0.2, -0.15) is 0 Å². The summed E-state index contributed by atoms with van der Waals surface area (Å²) in [5.74, 6) is -2.78. The number of ketones is 1. The standard InChI is InChI=1S/C23H18FN3O4/c1-31-18-5-4-15(11-17(18)24)21(28)19-20(16-3-2-8-26-12-16)27(23(30)22(19)29)13-14-6-9-25-10-7-14/h2-12,20,28H,13H2,1H3/b21-19+. The molecule has 1 atom stereocenters. The number of nitrogens with zero attached hydrogens (tertiary/aromatic N) is 3. The van der Waals surface area contributed by atoms with Gasteiger partial charge in [0.15, 0.2) is 11.6 Å². The molecule has 1 aromatic carbocycles. The summed E-state index contributed by atoms with van der Waals surface area (Å²) in [4.78, 5) is 35.3. The van der Waals surface area contributed by atoms with Crippen molar-refractivity contribution < 1.29 is 23.8 Å². The lowest BCUT2D eigenvalue weighted by molar-refractivity contribution is -0.140. The monoisotopic (exact) mass is 419 g/mol. The van der Waals surface area contributed by atoms with Crippen molar-refractivity contribution in [1.82, 2.24) is 14.9 Å². The summed E-state index contributed by atoms with van der Waals surface area (Å²) in [5.41, 5.74) is 1.25. The number of ether oxygens (including phenoxy) is 1. The van der Waals surface area contributed by atoms with E-state index in [1.54, 1.807) is 42.9 Å². The molecule has 1 fully saturated rings. The minimum Gasteiger partial charge on any atom is -0.507 e. The smallest absolute Gasteiger partial charge is 0.295 e. The zero-order valence-corrected chi connectivity index (χ0v) is 16.5. The first-order chi connectivity index (χ1) is 15.0. The molecule has 1 aliphatic heterocycles. The van der Waals surface area contributed by atoms with Gasteiger partial charge in [0.25, 0.3) is 11.7 Å². The molecule has 1 aliphatic rings. The normalized spacial score (nSPS) is 17.7. The van der Waals surface area contributed by atoms with E-state index in [1.165, 1.54) is 30.3 Å². The predicted molar refractivity (Wildman–Crippen MR) is 109 cm³/mol. The van der Waals surface area contributed by atoms with Crippen LogP contribution < -0.4 is 4.74 Å². The number of rotatable bonds is 5. The fraction of sp³-hybridized carbons (Fsp3) is 0.130. The van der Waals surface area contributed by atoms with Crippen molar-refractivity contribution in [2.24, 2.45) is 0 Å². The van der Waals surface area contributed by atoms with Crippen LogP contribution in [0.3, 0.4) is 0 Å². The van der Waals surface area contributed by atoms with Crippen molar-refractivity contribution in [3.8, 4) is 5.75 Å². The average Bonchev–Trinajstić information content (AvgIpc) is 3.04. The summed E-state index contributed by atoms with van der Waals surface area (Å²) >= 11 is 0. The molecule has 3 heterocycles. The fourth-order valence-electron chi connectivity index (χ4n) is 3.58. The molecular formula is C23H18FN3O4. The van der Waals surface area contributed by atoms with Crippen LogP contribution in [-0.2, 0) is 16.1 Å². The average molecular weight is 419 g/mol. The van der Waals surface area contributed by atoms with Crippen LogP contribution in [-0.4, -0.2) is 38.8 Å². The first-order valence-corrected chi connectivity index (χ1v) is 9.42. The van der Waals surface area contributed by atoms with Crippen LogP contribution >= 0.6 is 0 Å². The summed E-state index contributed by atoms with van der Waals surface area (Å²) < 4.78 is 19.1. The number of carbonyl (C=O) groups is 2. The van der Waals surface area contributed by atoms with Gasteiger partial charge < -0.3 is 14.7 Å². The number of hydrogen-bond acceptors (Lipinski definition) is 6. The molecule has 2 aromatic heterocycles. The SMILES string of the molecule is COc1ccc(/C(O)=C2\C(=O)C(=O)N(Cc3ccncc3)C2c2cccnc2)cc1F. The highest BCUT2D eigenvalue weighted by Crippen LogP contribution is 2.40. The summed E-state index contributed by atoms with van der Waals surface area (Å²) in [6.07, 6.45) is 6.27. The molecule has 0 aliphatic carbocycles. The number of aliphatic hydroxyl groups is 1. The molecule has 1 saturated heterocycles. The molecule has 1 N–H and O–H groups in total. The van der Waals surface area contributed by atoms with E-state index < -0.39 is 29.3 Å². The zero-order valence-electron chi connectivity index (χ0n) is 16.5. The highest BCUT2D eigenvalue weighted by atomic mass is 19.1. The van der Waals surface area contributed by atoms with Gasteiger partial charge in [0.2, 0.25) is 0 Å². The van der Waals surface area contributed by atoms with E-state index in [2.05, 4.69) is 9.97 Å². The van der Waals surface area contributed by atoms with Gasteiger partial charge in [-0.15, -0.1) is 0 Å². The van der Waals surface area contributed by atoms with Crippen molar-refractivity contribution in [2.75, 3.05) is 7.11 Å². The summed E-state index contributed by atoms with van der Waals surface area (Å²) in [6.45, 7) is 0.125. The van der Waals surface area contributed by atoms with Crippen LogP contribution in [0.25, 0.3) is 5.76 Å². The minimum atomic E-state index is -0.882. The van der Waals surface area contributed by atoms with Crippen LogP contribution in [0.5, 0.6) is 5.75 Å². The lowest BCUT2D eigenvalue weighted by Crippen LogP contribution is -2.29. The van der Waals surface area contributed by atoms with Gasteiger partial charge in [-0.3, -0.25) is 19.6 Å². The Bertz CT molecular complexity index is 1170. The third-order valence-corrected chi connectivity index (χ3v) is 5.07. The van der Waals surface area contributed by atoms with Crippen LogP contribution in [0, 0.1) is 5.82 Å². The first-order valence-electron chi connectivity index (χ1n) is 9.42. The third kappa shape index (κ3) is 3.75. The molecule has 8 heteroatoms. The van der Waals surface area contributed by atoms with Gasteiger partial charge in [-0.05, 0) is 47.5 Å². The van der Waals surface area contributed by atoms with E-state index in [9.17, 15) is 19.1 Å². The Morgan fingerprint density at radius 2 is 1.90 bits per heavy atom. The maximum atomic E-state index is 14.2. The molecule has 3 aromatic rings. The molecule has 0 radical (unpaired) electrons. The van der Waals surface area contributed by atoms with Crippen molar-refractivity contribution in [1.29, 1.82) is 0 Å². The number of aliphatic hydroxyl groups excluding tert-OH is 1. The molecule has 0 spiro atoms. The molecule has 156 valence electrons. The van der Waals surface area contributed by atoms with Crippen LogP contribution in [0.1, 0.15) is 22.7 Å². The van der Waals surface area contributed by atoms with E-state index in [1.807, 2.05) is 0 Å². The second-order valence-electron chi connectivity index (χ2n) is 6.92. The molecule has 0 saturated carbocycles. The Kier molecular flexibility index (Phi) is 5.44. The maximum absolute atomic E-state index is 14.2. The van der Waals surface area contributed by atoms with Crippen LogP contribution in [0.2, 0.25) is 0 Å². The number of halogens is 1. The first kappa shape index (κ1) is 20.2. The maximum Gasteiger partial charge on any atom is 0.295 e. The quantitative estimate of drug-likeness (QED) is 0.388. The summed E-state index contributed by atoms with van der Waals surface area (Å²) in [7, 11) is 1.32. The summed E-state index contributed by atoms with van der Waals surface area (Å²) in [6, 6.07) is 9.80. The Labute approximate surface area is 177 Å². The number of Topliss-reactive ketones (excluding diaryl/α,β-unsaturated/α-hetero) is 1. The molecule has 1 amide bonds. The van der Waals surface area contributed by atoms with Gasteiger partial charge >= 0.3 is 0 Å². The number of aromatic nitrogens is 2. The predicted octanol–water partition coefficient (Wildman–Crippen LogP) is 3.25. The Morgan fingerprint density at radius 3 is 2.55 bits per heavy atom. The lowest BCUT2D eigenvalue weighted by Gasteiger charge is -2.25. The van der Waals surface area contributed by atoms with Gasteiger partial charge in [0.05, 0.1) is 18.7 Å². The van der Waals surface area contributed by atoms with Gasteiger partial charge in [-0.25, -0.2) is 4.39 Å². The van der Waals surface area contributed by atoms with Crippen molar-refractivity contribution in [3.63, 3.8) is 0 Å². The molecular weight excluding hydrogens is 401 g/mol. The largest absolute Gasteiger partial charge is 0.507 e. The molecule has 1 unspecified atom stereocenters. The van der Waals surface area contributed by atoms with Crippen molar-refractivity contribution in [2.45, 2.75) is 12.6 Å². The molecule has 7 nitrogen and oxygen atoms in total. The number of methoxy groups -OCH3 is 1. The molecule has 0 bridgehead atoms. The Morgan fingerprint density at radius 1 is 1.13 bits per heavy atom. The lowest BCUT2D eigenvalue weighted by atomic mass is 9.96. The van der Waals surface area contributed by atoms with E-state index in [0.29, 0.717) is 5.56 Å². The van der Waals surface area contributed by atoms with Crippen molar-refractivity contribution >= 4 is 17.4 Å². The topological polar surface area (TPSA) is 92.6 Å². The third-order valence-electron chi connectivity index (χ3n) is 5.07. The zero-order chi connectivity index (χ0) is 22.0. The highest BCUT2D eigenvalue weighted by Gasteiger charge is 2.46. The second-order valence-corrected chi connectivity index (χ2v) is 6.92. The number of hydrogen-bond donors (Lipinski definition) is 1. The van der Waals surface area contributed by atoms with Gasteiger partial charge in [0, 0.05) is 36.9 Å². The second kappa shape index (κ2) is 8.35. The highest BCUT2D eigenvalue weighted by molar-refractivity contribution is 6.46. The molecule has 4 rings (SSSR count). The summed E-state index contributed by atoms with van der Waals surface area (Å²) in [5, 5.41) is 11.0. The number of likely N-dealkylation sites (tertiary alicyclic amines) is 1. The van der Waals surface area contributed by atoms with Gasteiger partial charge in [0.1, 0.15) is 5.76 Å². The van der Waals surface area contributed by atoms with Crippen molar-refractivity contribution in [3.05, 3.63) is 95.3 Å². The number of benzene rings is 1. The number of pyridine rings is 2.